The molecule has 1 amide bonds. The van der Waals surface area contributed by atoms with Gasteiger partial charge >= 0.3 is 5.69 Å². The minimum atomic E-state index is -0.538. The lowest BCUT2D eigenvalue weighted by Gasteiger charge is -2.06. The van der Waals surface area contributed by atoms with Gasteiger partial charge in [-0.2, -0.15) is 5.10 Å². The van der Waals surface area contributed by atoms with E-state index in [2.05, 4.69) is 15.5 Å². The number of aryl methyl sites for hydroxylation is 1. The SMILES string of the molecule is CCc1cc(NC(=O)Cn2ccc(=O)n(C)c2=O)n[nH]1. The molecule has 0 fully saturated rings. The molecular weight excluding hydrogens is 262 g/mol. The number of amides is 1. The molecule has 0 saturated carbocycles. The molecule has 8 heteroatoms. The van der Waals surface area contributed by atoms with Gasteiger partial charge in [0.05, 0.1) is 0 Å². The molecule has 8 nitrogen and oxygen atoms in total. The van der Waals surface area contributed by atoms with Crippen molar-refractivity contribution in [1.29, 1.82) is 0 Å². The Bertz CT molecular complexity index is 740. The van der Waals surface area contributed by atoms with E-state index in [4.69, 9.17) is 0 Å². The Morgan fingerprint density at radius 1 is 1.45 bits per heavy atom. The highest BCUT2D eigenvalue weighted by Crippen LogP contribution is 2.05. The normalized spacial score (nSPS) is 10.5. The molecule has 2 rings (SSSR count). The molecule has 0 spiro atoms. The average Bonchev–Trinajstić information content (AvgIpc) is 2.87. The zero-order valence-corrected chi connectivity index (χ0v) is 11.2. The van der Waals surface area contributed by atoms with Crippen LogP contribution in [-0.4, -0.2) is 25.2 Å². The molecule has 20 heavy (non-hydrogen) atoms. The van der Waals surface area contributed by atoms with Gasteiger partial charge in [0.15, 0.2) is 5.82 Å². The number of anilines is 1. The molecule has 2 aromatic heterocycles. The lowest BCUT2D eigenvalue weighted by molar-refractivity contribution is -0.116. The number of carbonyl (C=O) groups excluding carboxylic acids is 1. The molecule has 2 aromatic rings. The standard InChI is InChI=1S/C12H15N5O3/c1-3-8-6-9(15-14-8)13-10(18)7-17-5-4-11(19)16(2)12(17)20/h4-6H,3,7H2,1-2H3,(H2,13,14,15,18). The summed E-state index contributed by atoms with van der Waals surface area (Å²) in [6, 6.07) is 2.96. The van der Waals surface area contributed by atoms with Crippen LogP contribution in [0.2, 0.25) is 0 Å². The van der Waals surface area contributed by atoms with Crippen molar-refractivity contribution in [2.45, 2.75) is 19.9 Å². The Hall–Kier alpha value is -2.64. The number of hydrogen-bond acceptors (Lipinski definition) is 4. The molecule has 2 N–H and O–H groups in total. The van der Waals surface area contributed by atoms with Gasteiger partial charge in [-0.1, -0.05) is 6.92 Å². The third-order valence-electron chi connectivity index (χ3n) is 2.85. The smallest absolute Gasteiger partial charge is 0.308 e. The van der Waals surface area contributed by atoms with Gasteiger partial charge < -0.3 is 5.32 Å². The van der Waals surface area contributed by atoms with Gasteiger partial charge in [-0.05, 0) is 6.42 Å². The monoisotopic (exact) mass is 277 g/mol. The first kappa shape index (κ1) is 13.8. The molecule has 0 bridgehead atoms. The number of nitrogens with one attached hydrogen (secondary N) is 2. The lowest BCUT2D eigenvalue weighted by atomic mass is 10.3. The molecule has 0 aliphatic heterocycles. The summed E-state index contributed by atoms with van der Waals surface area (Å²) < 4.78 is 2.10. The molecule has 0 aliphatic carbocycles. The first-order chi connectivity index (χ1) is 9.51. The van der Waals surface area contributed by atoms with Crippen LogP contribution in [0.15, 0.2) is 27.9 Å². The summed E-state index contributed by atoms with van der Waals surface area (Å²) in [7, 11) is 1.36. The fraction of sp³-hybridized carbons (Fsp3) is 0.333. The highest BCUT2D eigenvalue weighted by atomic mass is 16.2. The van der Waals surface area contributed by atoms with Crippen molar-refractivity contribution in [3.63, 3.8) is 0 Å². The Kier molecular flexibility index (Phi) is 3.83. The fourth-order valence-corrected chi connectivity index (χ4v) is 1.68. The summed E-state index contributed by atoms with van der Waals surface area (Å²) in [4.78, 5) is 34.8. The second kappa shape index (κ2) is 5.55. The maximum Gasteiger partial charge on any atom is 0.331 e. The van der Waals surface area contributed by atoms with Gasteiger partial charge in [0.25, 0.3) is 5.56 Å². The van der Waals surface area contributed by atoms with E-state index in [1.165, 1.54) is 19.3 Å². The topological polar surface area (TPSA) is 102 Å². The summed E-state index contributed by atoms with van der Waals surface area (Å²) in [5.74, 6) is 0.0182. The van der Waals surface area contributed by atoms with E-state index in [9.17, 15) is 14.4 Å². The second-order valence-corrected chi connectivity index (χ2v) is 4.30. The molecule has 2 heterocycles. The first-order valence-corrected chi connectivity index (χ1v) is 6.12. The van der Waals surface area contributed by atoms with Crippen molar-refractivity contribution < 1.29 is 4.79 Å². The summed E-state index contributed by atoms with van der Waals surface area (Å²) in [5.41, 5.74) is -0.0463. The van der Waals surface area contributed by atoms with Crippen LogP contribution in [-0.2, 0) is 24.8 Å². The maximum absolute atomic E-state index is 11.8. The van der Waals surface area contributed by atoms with Gasteiger partial charge in [-0.15, -0.1) is 0 Å². The molecular formula is C12H15N5O3. The molecule has 0 unspecified atom stereocenters. The van der Waals surface area contributed by atoms with E-state index in [0.29, 0.717) is 5.82 Å². The summed E-state index contributed by atoms with van der Waals surface area (Å²) in [6.07, 6.45) is 2.08. The van der Waals surface area contributed by atoms with Gasteiger partial charge in [-0.25, -0.2) is 4.79 Å². The van der Waals surface area contributed by atoms with E-state index in [-0.39, 0.29) is 12.5 Å². The minimum absolute atomic E-state index is 0.179. The number of rotatable bonds is 4. The number of aromatic amines is 1. The fourth-order valence-electron chi connectivity index (χ4n) is 1.68. The third-order valence-corrected chi connectivity index (χ3v) is 2.85. The minimum Gasteiger partial charge on any atom is -0.308 e. The average molecular weight is 277 g/mol. The largest absolute Gasteiger partial charge is 0.331 e. The van der Waals surface area contributed by atoms with Crippen LogP contribution in [0.5, 0.6) is 0 Å². The number of H-pyrrole nitrogens is 1. The highest BCUT2D eigenvalue weighted by molar-refractivity contribution is 5.89. The molecule has 0 radical (unpaired) electrons. The van der Waals surface area contributed by atoms with E-state index in [1.807, 2.05) is 6.92 Å². The van der Waals surface area contributed by atoms with Crippen LogP contribution in [0.25, 0.3) is 0 Å². The summed E-state index contributed by atoms with van der Waals surface area (Å²) in [5, 5.41) is 9.28. The van der Waals surface area contributed by atoms with E-state index in [0.717, 1.165) is 21.2 Å². The van der Waals surface area contributed by atoms with Gasteiger partial charge in [0.2, 0.25) is 5.91 Å². The highest BCUT2D eigenvalue weighted by Gasteiger charge is 2.08. The van der Waals surface area contributed by atoms with Crippen LogP contribution in [0.4, 0.5) is 5.82 Å². The molecule has 0 saturated heterocycles. The van der Waals surface area contributed by atoms with Crippen molar-refractivity contribution in [3.05, 3.63) is 44.9 Å². The number of nitrogens with zero attached hydrogens (tertiary/aromatic N) is 3. The van der Waals surface area contributed by atoms with Crippen LogP contribution >= 0.6 is 0 Å². The Labute approximate surface area is 114 Å². The number of hydrogen-bond donors (Lipinski definition) is 2. The second-order valence-electron chi connectivity index (χ2n) is 4.30. The quantitative estimate of drug-likeness (QED) is 0.784. The van der Waals surface area contributed by atoms with Crippen molar-refractivity contribution in [1.82, 2.24) is 19.3 Å². The van der Waals surface area contributed by atoms with Crippen molar-refractivity contribution >= 4 is 11.7 Å². The summed E-state index contributed by atoms with van der Waals surface area (Å²) >= 11 is 0. The lowest BCUT2D eigenvalue weighted by Crippen LogP contribution is -2.38. The van der Waals surface area contributed by atoms with Crippen LogP contribution in [0.3, 0.4) is 0 Å². The zero-order chi connectivity index (χ0) is 14.7. The van der Waals surface area contributed by atoms with E-state index < -0.39 is 11.2 Å². The van der Waals surface area contributed by atoms with E-state index in [1.54, 1.807) is 6.07 Å². The van der Waals surface area contributed by atoms with Crippen molar-refractivity contribution in [2.24, 2.45) is 7.05 Å². The van der Waals surface area contributed by atoms with E-state index >= 15 is 0 Å². The molecule has 106 valence electrons. The molecule has 0 aliphatic rings. The number of aromatic nitrogens is 4. The maximum atomic E-state index is 11.8. The Morgan fingerprint density at radius 2 is 2.20 bits per heavy atom. The van der Waals surface area contributed by atoms with Crippen molar-refractivity contribution in [3.8, 4) is 0 Å². The Morgan fingerprint density at radius 3 is 2.85 bits per heavy atom. The molecule has 0 aromatic carbocycles. The first-order valence-electron chi connectivity index (χ1n) is 6.12. The van der Waals surface area contributed by atoms with Crippen LogP contribution < -0.4 is 16.6 Å². The van der Waals surface area contributed by atoms with Crippen LogP contribution in [0, 0.1) is 0 Å². The van der Waals surface area contributed by atoms with Crippen LogP contribution in [0.1, 0.15) is 12.6 Å². The predicted octanol–water partition coefficient (Wildman–Crippen LogP) is -0.529. The number of carbonyl (C=O) groups is 1. The zero-order valence-electron chi connectivity index (χ0n) is 11.2. The Balaban J connectivity index is 2.10. The molecule has 0 atom stereocenters. The predicted molar refractivity (Wildman–Crippen MR) is 72.5 cm³/mol. The van der Waals surface area contributed by atoms with Crippen molar-refractivity contribution in [2.75, 3.05) is 5.32 Å². The summed E-state index contributed by atoms with van der Waals surface area (Å²) in [6.45, 7) is 1.78. The van der Waals surface area contributed by atoms with Gasteiger partial charge in [0, 0.05) is 31.1 Å². The van der Waals surface area contributed by atoms with Gasteiger partial charge in [0.1, 0.15) is 6.54 Å². The van der Waals surface area contributed by atoms with Gasteiger partial charge in [-0.3, -0.25) is 23.8 Å². The third kappa shape index (κ3) is 2.85.